The number of pyridine rings is 1. The van der Waals surface area contributed by atoms with Gasteiger partial charge in [0.05, 0.1) is 17.0 Å². The number of benzene rings is 2. The summed E-state index contributed by atoms with van der Waals surface area (Å²) in [5.74, 6) is -0.192. The molecule has 0 aliphatic carbocycles. The highest BCUT2D eigenvalue weighted by atomic mass is 79.9. The zero-order valence-corrected chi connectivity index (χ0v) is 15.4. The van der Waals surface area contributed by atoms with E-state index < -0.39 is 5.82 Å². The Kier molecular flexibility index (Phi) is 4.34. The molecule has 2 aromatic heterocycles. The van der Waals surface area contributed by atoms with Crippen molar-refractivity contribution in [3.05, 3.63) is 79.6 Å². The van der Waals surface area contributed by atoms with Crippen molar-refractivity contribution in [2.24, 2.45) is 0 Å². The summed E-state index contributed by atoms with van der Waals surface area (Å²) in [4.78, 5) is 19.3. The third kappa shape index (κ3) is 3.15. The number of H-pyrrole nitrogens is 1. The van der Waals surface area contributed by atoms with Crippen LogP contribution < -0.4 is 5.56 Å². The summed E-state index contributed by atoms with van der Waals surface area (Å²) in [6, 6.07) is 11.9. The van der Waals surface area contributed by atoms with Crippen molar-refractivity contribution >= 4 is 38.4 Å². The van der Waals surface area contributed by atoms with Gasteiger partial charge < -0.3 is 9.51 Å². The zero-order chi connectivity index (χ0) is 18.3. The molecule has 0 fully saturated rings. The van der Waals surface area contributed by atoms with Crippen molar-refractivity contribution in [1.82, 2.24) is 15.1 Å². The van der Waals surface area contributed by atoms with E-state index in [9.17, 15) is 9.18 Å². The molecule has 0 saturated heterocycles. The molecule has 26 heavy (non-hydrogen) atoms. The largest absolute Gasteiger partial charge is 0.339 e. The first-order valence-corrected chi connectivity index (χ1v) is 8.77. The van der Waals surface area contributed by atoms with E-state index in [1.807, 2.05) is 12.1 Å². The molecule has 0 radical (unpaired) electrons. The Labute approximate surface area is 159 Å². The smallest absolute Gasteiger partial charge is 0.259 e. The average molecular weight is 435 g/mol. The normalized spacial score (nSPS) is 11.2. The van der Waals surface area contributed by atoms with Gasteiger partial charge in [0.25, 0.3) is 5.56 Å². The Morgan fingerprint density at radius 2 is 2.08 bits per heavy atom. The van der Waals surface area contributed by atoms with Crippen molar-refractivity contribution in [3.8, 4) is 11.4 Å². The van der Waals surface area contributed by atoms with Gasteiger partial charge >= 0.3 is 0 Å². The fourth-order valence-corrected chi connectivity index (χ4v) is 3.20. The Morgan fingerprint density at radius 1 is 1.23 bits per heavy atom. The van der Waals surface area contributed by atoms with Crippen molar-refractivity contribution in [3.63, 3.8) is 0 Å². The summed E-state index contributed by atoms with van der Waals surface area (Å²) in [6.45, 7) is 0. The van der Waals surface area contributed by atoms with Crippen LogP contribution in [0.15, 0.2) is 56.3 Å². The molecule has 0 atom stereocenters. The van der Waals surface area contributed by atoms with Crippen LogP contribution in [0.2, 0.25) is 5.02 Å². The van der Waals surface area contributed by atoms with E-state index in [1.165, 1.54) is 6.07 Å². The van der Waals surface area contributed by atoms with Crippen LogP contribution in [-0.2, 0) is 6.42 Å². The van der Waals surface area contributed by atoms with Gasteiger partial charge in [0.2, 0.25) is 11.7 Å². The molecule has 8 heteroatoms. The summed E-state index contributed by atoms with van der Waals surface area (Å²) in [7, 11) is 0. The van der Waals surface area contributed by atoms with Gasteiger partial charge in [0, 0.05) is 15.4 Å². The van der Waals surface area contributed by atoms with Gasteiger partial charge in [0.15, 0.2) is 0 Å². The summed E-state index contributed by atoms with van der Waals surface area (Å²) in [6.07, 6.45) is 0.0798. The Balaban J connectivity index is 1.72. The van der Waals surface area contributed by atoms with Crippen LogP contribution in [0.1, 0.15) is 11.5 Å². The molecular weight excluding hydrogens is 425 g/mol. The predicted molar refractivity (Wildman–Crippen MR) is 99.8 cm³/mol. The highest BCUT2D eigenvalue weighted by Gasteiger charge is 2.15. The standard InChI is InChI=1S/C18H10BrClFN3O2/c19-11-4-5-14-10(6-11)7-12(18(25)22-14)17-23-15(26-24-17)8-9-2-1-3-13(20)16(9)21/h1-7H,8H2,(H,22,25). The summed E-state index contributed by atoms with van der Waals surface area (Å²) >= 11 is 9.18. The van der Waals surface area contributed by atoms with E-state index in [1.54, 1.807) is 24.3 Å². The molecule has 4 aromatic rings. The van der Waals surface area contributed by atoms with Crippen molar-refractivity contribution in [2.75, 3.05) is 0 Å². The van der Waals surface area contributed by atoms with Crippen molar-refractivity contribution in [2.45, 2.75) is 6.42 Å². The molecule has 4 rings (SSSR count). The third-order valence-corrected chi connectivity index (χ3v) is 4.67. The van der Waals surface area contributed by atoms with Crippen molar-refractivity contribution in [1.29, 1.82) is 0 Å². The number of rotatable bonds is 3. The first-order valence-electron chi connectivity index (χ1n) is 7.60. The molecule has 1 N–H and O–H groups in total. The maximum Gasteiger partial charge on any atom is 0.259 e. The lowest BCUT2D eigenvalue weighted by Gasteiger charge is -2.01. The monoisotopic (exact) mass is 433 g/mol. The number of nitrogens with one attached hydrogen (secondary N) is 1. The third-order valence-electron chi connectivity index (χ3n) is 3.89. The van der Waals surface area contributed by atoms with Crippen LogP contribution in [0, 0.1) is 5.82 Å². The molecule has 2 heterocycles. The minimum Gasteiger partial charge on any atom is -0.339 e. The van der Waals surface area contributed by atoms with Gasteiger partial charge in [-0.3, -0.25) is 4.79 Å². The Hall–Kier alpha value is -2.51. The first kappa shape index (κ1) is 16.9. The molecule has 0 bridgehead atoms. The molecule has 0 unspecified atom stereocenters. The second kappa shape index (κ2) is 6.66. The minimum absolute atomic E-state index is 0.0267. The fourth-order valence-electron chi connectivity index (χ4n) is 2.63. The van der Waals surface area contributed by atoms with E-state index in [4.69, 9.17) is 16.1 Å². The van der Waals surface area contributed by atoms with Crippen LogP contribution in [0.5, 0.6) is 0 Å². The minimum atomic E-state index is -0.526. The lowest BCUT2D eigenvalue weighted by Crippen LogP contribution is -2.09. The van der Waals surface area contributed by atoms with E-state index in [0.717, 1.165) is 9.86 Å². The second-order valence-electron chi connectivity index (χ2n) is 5.65. The second-order valence-corrected chi connectivity index (χ2v) is 6.97. The van der Waals surface area contributed by atoms with Gasteiger partial charge in [-0.15, -0.1) is 0 Å². The molecule has 130 valence electrons. The van der Waals surface area contributed by atoms with Crippen LogP contribution in [0.25, 0.3) is 22.3 Å². The SMILES string of the molecule is O=c1[nH]c2ccc(Br)cc2cc1-c1noc(Cc2cccc(Cl)c2F)n1. The van der Waals surface area contributed by atoms with Crippen LogP contribution >= 0.6 is 27.5 Å². The molecule has 0 aliphatic heterocycles. The number of aromatic amines is 1. The molecule has 0 amide bonds. The maximum absolute atomic E-state index is 14.0. The van der Waals surface area contributed by atoms with E-state index in [2.05, 4.69) is 31.1 Å². The van der Waals surface area contributed by atoms with Crippen LogP contribution in [0.3, 0.4) is 0 Å². The molecular formula is C18H10BrClFN3O2. The molecule has 2 aromatic carbocycles. The van der Waals surface area contributed by atoms with E-state index in [0.29, 0.717) is 11.1 Å². The van der Waals surface area contributed by atoms with Gasteiger partial charge in [0.1, 0.15) is 5.82 Å². The van der Waals surface area contributed by atoms with Gasteiger partial charge in [-0.1, -0.05) is 44.8 Å². The van der Waals surface area contributed by atoms with Gasteiger partial charge in [-0.2, -0.15) is 4.98 Å². The van der Waals surface area contributed by atoms with Gasteiger partial charge in [-0.05, 0) is 35.9 Å². The lowest BCUT2D eigenvalue weighted by atomic mass is 10.1. The summed E-state index contributed by atoms with van der Waals surface area (Å²) in [5, 5.41) is 4.70. The zero-order valence-electron chi connectivity index (χ0n) is 13.1. The predicted octanol–water partition coefficient (Wildman–Crippen LogP) is 4.72. The molecule has 0 aliphatic rings. The Morgan fingerprint density at radius 3 is 2.92 bits per heavy atom. The lowest BCUT2D eigenvalue weighted by molar-refractivity contribution is 0.384. The highest BCUT2D eigenvalue weighted by molar-refractivity contribution is 9.10. The number of hydrogen-bond acceptors (Lipinski definition) is 4. The number of fused-ring (bicyclic) bond motifs is 1. The average Bonchev–Trinajstić information content (AvgIpc) is 3.07. The van der Waals surface area contributed by atoms with E-state index in [-0.39, 0.29) is 34.3 Å². The molecule has 0 saturated carbocycles. The molecule has 0 spiro atoms. The summed E-state index contributed by atoms with van der Waals surface area (Å²) < 4.78 is 20.1. The molecule has 5 nitrogen and oxygen atoms in total. The number of hydrogen-bond donors (Lipinski definition) is 1. The topological polar surface area (TPSA) is 71.8 Å². The first-order chi connectivity index (χ1) is 12.5. The fraction of sp³-hybridized carbons (Fsp3) is 0.0556. The highest BCUT2D eigenvalue weighted by Crippen LogP contribution is 2.23. The Bertz CT molecular complexity index is 1190. The summed E-state index contributed by atoms with van der Waals surface area (Å²) in [5.41, 5.74) is 0.981. The number of nitrogens with zero attached hydrogens (tertiary/aromatic N) is 2. The maximum atomic E-state index is 14.0. The van der Waals surface area contributed by atoms with E-state index >= 15 is 0 Å². The number of halogens is 3. The van der Waals surface area contributed by atoms with Gasteiger partial charge in [-0.25, -0.2) is 4.39 Å². The van der Waals surface area contributed by atoms with Crippen LogP contribution in [0.4, 0.5) is 4.39 Å². The van der Waals surface area contributed by atoms with Crippen molar-refractivity contribution < 1.29 is 8.91 Å². The van der Waals surface area contributed by atoms with Crippen LogP contribution in [-0.4, -0.2) is 15.1 Å². The quantitative estimate of drug-likeness (QED) is 0.506. The number of aromatic nitrogens is 3.